The van der Waals surface area contributed by atoms with Crippen LogP contribution in [0.15, 0.2) is 59.0 Å². The maximum atomic E-state index is 12.8. The number of amides is 2. The van der Waals surface area contributed by atoms with Gasteiger partial charge in [-0.25, -0.2) is 0 Å². The summed E-state index contributed by atoms with van der Waals surface area (Å²) in [6.45, 7) is 6.21. The lowest BCUT2D eigenvalue weighted by molar-refractivity contribution is -0.123. The Morgan fingerprint density at radius 3 is 2.50 bits per heavy atom. The number of hydrogen-bond acceptors (Lipinski definition) is 4. The minimum atomic E-state index is -0.126. The molecule has 0 aliphatic carbocycles. The summed E-state index contributed by atoms with van der Waals surface area (Å²) >= 11 is 0. The van der Waals surface area contributed by atoms with E-state index in [2.05, 4.69) is 19.2 Å². The maximum absolute atomic E-state index is 12.8. The van der Waals surface area contributed by atoms with E-state index in [0.717, 1.165) is 23.8 Å². The standard InChI is InChI=1S/C26H30N2O4/c1-18(2)20-7-9-22(10-8-20)31-17-25(29)27-16-19-11-13-28(14-12-19)26(30)24-15-21-5-3-4-6-23(21)32-24/h3-10,15,18-19H,11-14,16-17H2,1-2H3,(H,27,29). The van der Waals surface area contributed by atoms with Crippen LogP contribution in [-0.2, 0) is 4.79 Å². The molecule has 0 bridgehead atoms. The van der Waals surface area contributed by atoms with E-state index in [0.29, 0.717) is 43.0 Å². The van der Waals surface area contributed by atoms with Crippen molar-refractivity contribution >= 4 is 22.8 Å². The lowest BCUT2D eigenvalue weighted by Crippen LogP contribution is -2.42. The summed E-state index contributed by atoms with van der Waals surface area (Å²) < 4.78 is 11.3. The molecule has 0 spiro atoms. The Labute approximate surface area is 188 Å². The van der Waals surface area contributed by atoms with E-state index in [9.17, 15) is 9.59 Å². The van der Waals surface area contributed by atoms with Gasteiger partial charge in [0.2, 0.25) is 0 Å². The molecule has 32 heavy (non-hydrogen) atoms. The lowest BCUT2D eigenvalue weighted by atomic mass is 9.96. The molecular formula is C26H30N2O4. The Hall–Kier alpha value is -3.28. The smallest absolute Gasteiger partial charge is 0.289 e. The number of furan rings is 1. The highest BCUT2D eigenvalue weighted by molar-refractivity contribution is 5.96. The van der Waals surface area contributed by atoms with Gasteiger partial charge in [-0.15, -0.1) is 0 Å². The molecule has 1 aliphatic heterocycles. The number of rotatable bonds is 7. The second kappa shape index (κ2) is 9.90. The number of ether oxygens (including phenoxy) is 1. The first-order valence-corrected chi connectivity index (χ1v) is 11.3. The highest BCUT2D eigenvalue weighted by atomic mass is 16.5. The Morgan fingerprint density at radius 1 is 1.09 bits per heavy atom. The van der Waals surface area contributed by atoms with E-state index in [4.69, 9.17) is 9.15 Å². The van der Waals surface area contributed by atoms with E-state index in [1.165, 1.54) is 5.56 Å². The molecule has 1 saturated heterocycles. The number of likely N-dealkylation sites (tertiary alicyclic amines) is 1. The quantitative estimate of drug-likeness (QED) is 0.590. The average molecular weight is 435 g/mol. The first-order valence-electron chi connectivity index (χ1n) is 11.3. The number of benzene rings is 2. The van der Waals surface area contributed by atoms with E-state index in [1.807, 2.05) is 53.4 Å². The molecule has 6 heteroatoms. The first-order chi connectivity index (χ1) is 15.5. The number of nitrogens with zero attached hydrogens (tertiary/aromatic N) is 1. The topological polar surface area (TPSA) is 71.8 Å². The van der Waals surface area contributed by atoms with Crippen molar-refractivity contribution in [3.8, 4) is 5.75 Å². The van der Waals surface area contributed by atoms with Crippen molar-refractivity contribution in [1.82, 2.24) is 10.2 Å². The van der Waals surface area contributed by atoms with Gasteiger partial charge in [0, 0.05) is 25.0 Å². The molecule has 4 rings (SSSR count). The van der Waals surface area contributed by atoms with E-state index >= 15 is 0 Å². The number of para-hydroxylation sites is 1. The molecule has 2 heterocycles. The van der Waals surface area contributed by atoms with Crippen molar-refractivity contribution in [3.63, 3.8) is 0 Å². The fourth-order valence-corrected chi connectivity index (χ4v) is 3.99. The van der Waals surface area contributed by atoms with Crippen LogP contribution in [0.5, 0.6) is 5.75 Å². The van der Waals surface area contributed by atoms with Gasteiger partial charge in [0.1, 0.15) is 11.3 Å². The van der Waals surface area contributed by atoms with Gasteiger partial charge in [-0.1, -0.05) is 44.2 Å². The monoisotopic (exact) mass is 434 g/mol. The van der Waals surface area contributed by atoms with Crippen LogP contribution in [0, 0.1) is 5.92 Å². The van der Waals surface area contributed by atoms with Crippen molar-refractivity contribution in [2.75, 3.05) is 26.2 Å². The number of carbonyl (C=O) groups is 2. The molecule has 6 nitrogen and oxygen atoms in total. The van der Waals surface area contributed by atoms with Crippen LogP contribution in [0.4, 0.5) is 0 Å². The molecule has 168 valence electrons. The third-order valence-corrected chi connectivity index (χ3v) is 6.04. The van der Waals surface area contributed by atoms with Gasteiger partial charge in [0.05, 0.1) is 0 Å². The molecule has 3 aromatic rings. The molecule has 0 radical (unpaired) electrons. The molecule has 2 amide bonds. The second-order valence-corrected chi connectivity index (χ2v) is 8.70. The van der Waals surface area contributed by atoms with Crippen LogP contribution in [0.1, 0.15) is 48.7 Å². The number of hydrogen-bond donors (Lipinski definition) is 1. The van der Waals surface area contributed by atoms with Crippen LogP contribution >= 0.6 is 0 Å². The van der Waals surface area contributed by atoms with Gasteiger partial charge in [-0.05, 0) is 54.5 Å². The Kier molecular flexibility index (Phi) is 6.78. The van der Waals surface area contributed by atoms with E-state index < -0.39 is 0 Å². The van der Waals surface area contributed by atoms with Gasteiger partial charge >= 0.3 is 0 Å². The zero-order valence-electron chi connectivity index (χ0n) is 18.7. The molecule has 1 N–H and O–H groups in total. The number of nitrogens with one attached hydrogen (secondary N) is 1. The molecule has 1 aliphatic rings. The Balaban J connectivity index is 1.18. The van der Waals surface area contributed by atoms with Gasteiger partial charge < -0.3 is 19.4 Å². The Morgan fingerprint density at radius 2 is 1.81 bits per heavy atom. The van der Waals surface area contributed by atoms with Crippen LogP contribution in [0.2, 0.25) is 0 Å². The van der Waals surface area contributed by atoms with Crippen molar-refractivity contribution in [2.45, 2.75) is 32.6 Å². The number of fused-ring (bicyclic) bond motifs is 1. The molecule has 1 fully saturated rings. The molecule has 1 aromatic heterocycles. The fraction of sp³-hybridized carbons (Fsp3) is 0.385. The van der Waals surface area contributed by atoms with Gasteiger partial charge in [-0.2, -0.15) is 0 Å². The first kappa shape index (κ1) is 21.9. The zero-order chi connectivity index (χ0) is 22.5. The van der Waals surface area contributed by atoms with Crippen LogP contribution < -0.4 is 10.1 Å². The Bertz CT molecular complexity index is 1030. The van der Waals surface area contributed by atoms with Gasteiger partial charge in [0.15, 0.2) is 12.4 Å². The van der Waals surface area contributed by atoms with Crippen LogP contribution in [-0.4, -0.2) is 43.0 Å². The van der Waals surface area contributed by atoms with E-state index in [-0.39, 0.29) is 18.4 Å². The SMILES string of the molecule is CC(C)c1ccc(OCC(=O)NCC2CCN(C(=O)c3cc4ccccc4o3)CC2)cc1. The average Bonchev–Trinajstić information content (AvgIpc) is 3.26. The van der Waals surface area contributed by atoms with Crippen molar-refractivity contribution in [2.24, 2.45) is 5.92 Å². The fourth-order valence-electron chi connectivity index (χ4n) is 3.99. The van der Waals surface area contributed by atoms with Gasteiger partial charge in [-0.3, -0.25) is 9.59 Å². The third kappa shape index (κ3) is 5.31. The molecule has 0 atom stereocenters. The summed E-state index contributed by atoms with van der Waals surface area (Å²) in [6, 6.07) is 17.3. The summed E-state index contributed by atoms with van der Waals surface area (Å²) in [5.74, 6) is 1.70. The van der Waals surface area contributed by atoms with Crippen molar-refractivity contribution < 1.29 is 18.7 Å². The number of piperidine rings is 1. The van der Waals surface area contributed by atoms with Gasteiger partial charge in [0.25, 0.3) is 11.8 Å². The van der Waals surface area contributed by atoms with Crippen molar-refractivity contribution in [1.29, 1.82) is 0 Å². The summed E-state index contributed by atoms with van der Waals surface area (Å²) in [6.07, 6.45) is 1.70. The lowest BCUT2D eigenvalue weighted by Gasteiger charge is -2.31. The van der Waals surface area contributed by atoms with Crippen molar-refractivity contribution in [3.05, 3.63) is 65.9 Å². The minimum absolute atomic E-state index is 0.00437. The highest BCUT2D eigenvalue weighted by Gasteiger charge is 2.26. The van der Waals surface area contributed by atoms with E-state index in [1.54, 1.807) is 6.07 Å². The normalized spacial score (nSPS) is 14.7. The minimum Gasteiger partial charge on any atom is -0.484 e. The molecule has 0 saturated carbocycles. The zero-order valence-corrected chi connectivity index (χ0v) is 18.7. The third-order valence-electron chi connectivity index (χ3n) is 6.04. The maximum Gasteiger partial charge on any atom is 0.289 e. The predicted molar refractivity (Wildman–Crippen MR) is 124 cm³/mol. The predicted octanol–water partition coefficient (Wildman–Crippen LogP) is 4.60. The summed E-state index contributed by atoms with van der Waals surface area (Å²) in [7, 11) is 0. The molecule has 2 aromatic carbocycles. The summed E-state index contributed by atoms with van der Waals surface area (Å²) in [4.78, 5) is 26.8. The highest BCUT2D eigenvalue weighted by Crippen LogP contribution is 2.23. The van der Waals surface area contributed by atoms with Crippen LogP contribution in [0.3, 0.4) is 0 Å². The second-order valence-electron chi connectivity index (χ2n) is 8.70. The number of carbonyl (C=O) groups excluding carboxylic acids is 2. The molecule has 0 unspecified atom stereocenters. The van der Waals surface area contributed by atoms with Crippen LogP contribution in [0.25, 0.3) is 11.0 Å². The molecular weight excluding hydrogens is 404 g/mol. The largest absolute Gasteiger partial charge is 0.484 e. The summed E-state index contributed by atoms with van der Waals surface area (Å²) in [5.41, 5.74) is 1.97. The summed E-state index contributed by atoms with van der Waals surface area (Å²) in [5, 5.41) is 3.90.